The van der Waals surface area contributed by atoms with Crippen LogP contribution in [-0.2, 0) is 49.6 Å². The first-order valence-corrected chi connectivity index (χ1v) is 31.9. The molecule has 0 saturated carbocycles. The standard InChI is InChI=1S/C57H107N29O11/c58-23-3-1-12-35(79-43(88)34(60)11-5-25-73-52(61)62)44(89)80-36(13-2-4-24-59)45(90)81-37(14-6-26-74-53(63)64)46(91)83-40(17-9-29-77-56(69)70)49(94)86-42(31-32-19-21-33(87)22-20-32)50(95)84-38(15-7-27-75-54(65)66)47(92)82-39(16-8-28-76-55(67)68)48(93)85-41(51(96)97)18-10-30-78-57(71)72/h19-22,34-42,87H,1-18,23-31,58-60H2,(H,79,88)(H,80,89)(H,81,90)(H,82,92)(H,83,91)(H,84,95)(H,85,93)(H,86,94)(H,96,97)(H4,61,62,73)(H4,63,64,74)(H4,65,66,75)(H4,67,68,76)(H4,69,70,77)(H4,71,72,78)/t34-,35-,36-,37-,38-,39-,40-,41-,42-/m0/s1. The number of amides is 8. The fourth-order valence-corrected chi connectivity index (χ4v) is 9.29. The number of carbonyl (C=O) groups is 9. The largest absolute Gasteiger partial charge is 0.508 e. The Morgan fingerprint density at radius 1 is 0.320 bits per heavy atom. The van der Waals surface area contributed by atoms with Crippen LogP contribution in [-0.4, -0.2) is 206 Å². The molecular weight excluding hydrogens is 1270 g/mol. The second-order valence-corrected chi connectivity index (χ2v) is 22.6. The van der Waals surface area contributed by atoms with Crippen molar-refractivity contribution in [3.8, 4) is 5.75 Å². The van der Waals surface area contributed by atoms with Gasteiger partial charge in [-0.3, -0.25) is 68.3 Å². The van der Waals surface area contributed by atoms with Crippen LogP contribution in [0, 0.1) is 0 Å². The topological polar surface area (TPSA) is 755 Å². The van der Waals surface area contributed by atoms with Crippen molar-refractivity contribution in [1.29, 1.82) is 0 Å². The minimum Gasteiger partial charge on any atom is -0.508 e. The van der Waals surface area contributed by atoms with Gasteiger partial charge in [0.25, 0.3) is 0 Å². The molecule has 0 aromatic heterocycles. The molecule has 1 rings (SSSR count). The molecule has 1 aromatic rings. The maximum Gasteiger partial charge on any atom is 0.326 e. The molecule has 0 radical (unpaired) electrons. The Kier molecular flexibility index (Phi) is 42.3. The number of carboxylic acids is 1. The molecule has 40 heteroatoms. The number of hydrogen-bond acceptors (Lipinski definition) is 19. The molecule has 9 atom stereocenters. The van der Waals surface area contributed by atoms with Crippen LogP contribution in [0.2, 0.25) is 0 Å². The van der Waals surface area contributed by atoms with Gasteiger partial charge in [0.05, 0.1) is 6.04 Å². The summed E-state index contributed by atoms with van der Waals surface area (Å²) < 4.78 is 0. The van der Waals surface area contributed by atoms with Gasteiger partial charge in [-0.25, -0.2) is 4.79 Å². The second-order valence-electron chi connectivity index (χ2n) is 22.6. The van der Waals surface area contributed by atoms with Gasteiger partial charge >= 0.3 is 5.97 Å². The molecule has 0 unspecified atom stereocenters. The lowest BCUT2D eigenvalue weighted by Crippen LogP contribution is -2.60. The van der Waals surface area contributed by atoms with E-state index in [1.807, 2.05) is 0 Å². The minimum atomic E-state index is -1.60. The maximum atomic E-state index is 14.9. The Morgan fingerprint density at radius 3 is 0.814 bits per heavy atom. The third-order valence-electron chi connectivity index (χ3n) is 14.3. The summed E-state index contributed by atoms with van der Waals surface area (Å²) in [6, 6.07) is -7.06. The second kappa shape index (κ2) is 48.4. The number of phenolic OH excluding ortho intramolecular Hbond substituents is 1. The number of nitrogens with one attached hydrogen (secondary N) is 8. The van der Waals surface area contributed by atoms with Crippen LogP contribution in [0.5, 0.6) is 5.75 Å². The van der Waals surface area contributed by atoms with Crippen LogP contribution < -0.4 is 129 Å². The third kappa shape index (κ3) is 39.3. The number of aliphatic carboxylic acids is 1. The van der Waals surface area contributed by atoms with Crippen molar-refractivity contribution in [3.63, 3.8) is 0 Å². The van der Waals surface area contributed by atoms with E-state index in [1.54, 1.807) is 0 Å². The summed E-state index contributed by atoms with van der Waals surface area (Å²) in [4.78, 5) is 151. The number of aromatic hydroxyl groups is 1. The summed E-state index contributed by atoms with van der Waals surface area (Å²) in [7, 11) is 0. The summed E-state index contributed by atoms with van der Waals surface area (Å²) in [6.45, 7) is 0.622. The van der Waals surface area contributed by atoms with Gasteiger partial charge in [0, 0.05) is 45.7 Å². The number of nitrogens with two attached hydrogens (primary N) is 15. The normalized spacial score (nSPS) is 13.6. The monoisotopic (exact) mass is 1370 g/mol. The molecule has 0 aliphatic heterocycles. The lowest BCUT2D eigenvalue weighted by Gasteiger charge is -2.28. The number of benzene rings is 1. The van der Waals surface area contributed by atoms with Crippen molar-refractivity contribution >= 4 is 89.0 Å². The first-order valence-electron chi connectivity index (χ1n) is 31.9. The maximum absolute atomic E-state index is 14.9. The SMILES string of the molecule is NCCCC[C@H](NC(=O)[C@H](CCCCN)NC(=O)[C@@H](N)CCCN=C(N)N)C(=O)N[C@@H](CCCN=C(N)N)C(=O)N[C@@H](CCCN=C(N)N)C(=O)N[C@@H](Cc1ccc(O)cc1)C(=O)N[C@@H](CCCN=C(N)N)C(=O)N[C@@H](CCCN=C(N)N)C(=O)N[C@@H](CCCN=C(N)N)C(=O)O. The third-order valence-corrected chi connectivity index (χ3v) is 14.3. The number of hydrogen-bond donors (Lipinski definition) is 25. The molecular formula is C57H107N29O11. The van der Waals surface area contributed by atoms with E-state index in [0.717, 1.165) is 0 Å². The first-order chi connectivity index (χ1) is 46.0. The Hall–Kier alpha value is -10.2. The van der Waals surface area contributed by atoms with Crippen LogP contribution in [0.3, 0.4) is 0 Å². The molecule has 8 amide bonds. The predicted molar refractivity (Wildman–Crippen MR) is 368 cm³/mol. The van der Waals surface area contributed by atoms with E-state index in [2.05, 4.69) is 72.5 Å². The molecule has 0 spiro atoms. The Bertz CT molecular complexity index is 2800. The molecule has 0 aliphatic carbocycles. The summed E-state index contributed by atoms with van der Waals surface area (Å²) in [5.41, 5.74) is 84.4. The van der Waals surface area contributed by atoms with Crippen LogP contribution in [0.25, 0.3) is 0 Å². The lowest BCUT2D eigenvalue weighted by atomic mass is 10.0. The van der Waals surface area contributed by atoms with Gasteiger partial charge in [-0.1, -0.05) is 12.1 Å². The molecule has 97 heavy (non-hydrogen) atoms. The first kappa shape index (κ1) is 84.8. The summed E-state index contributed by atoms with van der Waals surface area (Å²) in [5, 5.41) is 41.4. The van der Waals surface area contributed by atoms with Crippen molar-refractivity contribution in [3.05, 3.63) is 29.8 Å². The Morgan fingerprint density at radius 2 is 0.546 bits per heavy atom. The van der Waals surface area contributed by atoms with Crippen LogP contribution in [0.1, 0.15) is 121 Å². The van der Waals surface area contributed by atoms with E-state index in [1.165, 1.54) is 24.3 Å². The van der Waals surface area contributed by atoms with Gasteiger partial charge in [-0.05, 0) is 146 Å². The molecule has 40 N–H and O–H groups in total. The number of unbranched alkanes of at least 4 members (excludes halogenated alkanes) is 2. The molecule has 0 saturated heterocycles. The molecule has 0 fully saturated rings. The van der Waals surface area contributed by atoms with Crippen molar-refractivity contribution in [1.82, 2.24) is 42.5 Å². The van der Waals surface area contributed by atoms with Gasteiger partial charge in [-0.15, -0.1) is 0 Å². The van der Waals surface area contributed by atoms with Gasteiger partial charge in [-0.2, -0.15) is 0 Å². The van der Waals surface area contributed by atoms with E-state index < -0.39 is 108 Å². The molecule has 0 aliphatic rings. The molecule has 0 heterocycles. The molecule has 546 valence electrons. The average Bonchev–Trinajstić information content (AvgIpc) is 0.893. The zero-order valence-electron chi connectivity index (χ0n) is 55.0. The fourth-order valence-electron chi connectivity index (χ4n) is 9.29. The van der Waals surface area contributed by atoms with Crippen LogP contribution in [0.15, 0.2) is 54.2 Å². The highest BCUT2D eigenvalue weighted by Gasteiger charge is 2.35. The van der Waals surface area contributed by atoms with Crippen molar-refractivity contribution in [2.45, 2.75) is 176 Å². The summed E-state index contributed by atoms with van der Waals surface area (Å²) in [6.07, 6.45) is 1.53. The number of carboxylic acid groups (broad SMARTS) is 1. The quantitative estimate of drug-likeness (QED) is 0.0164. The van der Waals surface area contributed by atoms with Crippen molar-refractivity contribution in [2.24, 2.45) is 116 Å². The van der Waals surface area contributed by atoms with Gasteiger partial charge < -0.3 is 139 Å². The van der Waals surface area contributed by atoms with E-state index in [9.17, 15) is 53.4 Å². The summed E-state index contributed by atoms with van der Waals surface area (Å²) in [5.74, 6) is -10.0. The number of nitrogens with zero attached hydrogens (tertiary/aromatic N) is 6. The highest BCUT2D eigenvalue weighted by Crippen LogP contribution is 2.15. The number of phenols is 1. The fraction of sp³-hybridized carbons (Fsp3) is 0.632. The zero-order valence-corrected chi connectivity index (χ0v) is 55.0. The van der Waals surface area contributed by atoms with E-state index in [-0.39, 0.29) is 184 Å². The minimum absolute atomic E-state index is 0.0104. The highest BCUT2D eigenvalue weighted by molar-refractivity contribution is 5.98. The molecule has 40 nitrogen and oxygen atoms in total. The highest BCUT2D eigenvalue weighted by atomic mass is 16.4. The van der Waals surface area contributed by atoms with Crippen LogP contribution >= 0.6 is 0 Å². The van der Waals surface area contributed by atoms with Gasteiger partial charge in [0.15, 0.2) is 35.8 Å². The number of carbonyl (C=O) groups excluding carboxylic acids is 8. The Balaban J connectivity index is 3.95. The number of aliphatic imine (C=N–C) groups is 6. The van der Waals surface area contributed by atoms with Crippen molar-refractivity contribution < 1.29 is 53.4 Å². The van der Waals surface area contributed by atoms with Gasteiger partial charge in [0.1, 0.15) is 54.1 Å². The van der Waals surface area contributed by atoms with Gasteiger partial charge in [0.2, 0.25) is 47.3 Å². The smallest absolute Gasteiger partial charge is 0.326 e. The number of guanidine groups is 6. The van der Waals surface area contributed by atoms with Crippen LogP contribution in [0.4, 0.5) is 0 Å². The average molecular weight is 1370 g/mol. The van der Waals surface area contributed by atoms with E-state index in [0.29, 0.717) is 37.7 Å². The van der Waals surface area contributed by atoms with Crippen molar-refractivity contribution in [2.75, 3.05) is 52.4 Å². The predicted octanol–water partition coefficient (Wildman–Crippen LogP) is -9.20. The molecule has 0 bridgehead atoms. The summed E-state index contributed by atoms with van der Waals surface area (Å²) >= 11 is 0. The lowest BCUT2D eigenvalue weighted by molar-refractivity contribution is -0.142. The van der Waals surface area contributed by atoms with E-state index in [4.69, 9.17) is 86.0 Å². The number of rotatable bonds is 51. The zero-order chi connectivity index (χ0) is 72.8. The van der Waals surface area contributed by atoms with E-state index >= 15 is 0 Å². The Labute approximate surface area is 563 Å². The molecule has 1 aromatic carbocycles.